The number of aliphatic hydroxyl groups is 6. The first kappa shape index (κ1) is 98.4. The Morgan fingerprint density at radius 3 is 0.944 bits per heavy atom. The number of ether oxygens (including phenoxy) is 9. The Kier molecular flexibility index (Phi) is 36.1. The summed E-state index contributed by atoms with van der Waals surface area (Å²) < 4.78 is 50.7. The molecule has 5 aliphatic rings. The zero-order chi connectivity index (χ0) is 90.7. The number of aryl methyl sites for hydroxylation is 5. The standard InChI is InChI=1S/C28H24O5S.C24H28O4SSi.C21H20O4S.2C14H16O3S/c1-3-28(19-31-25(29)21-10-6-4-7-11-21)18-24(34-23-16-14-20(2)15-17-23)27(33-28)32-26(30)22-12-8-5-9-13-22;1-18-10-12-20(13-11-18)29-21-16-24(26,14-15-30(2,3)4)17-27-23(21)28-22(25)19-8-6-5-7-9-19;1-3-21(23)13-18(26-17-11-9-15(2)10-12-17)20(24-14-21)25-19(22)16-7-5-4-6-8-16;2*1-3-14(9-15)8-12(13(16)17-14)18-11-6-4-10(2)5-7-11/h1,4-17,24,27H,18-19H2,2H3;5-13,21,23,26H,16-17H2,1-4H3;1,4-12,18,20,23H,13-14H2,2H3;2*1,4-7,12-13,15-16H,8-9H2,2H3/t24-,27+,28+;21-,23+,24+;18-,20+,21+;2*12-,13?,14+/m11111/s1. The van der Waals surface area contributed by atoms with E-state index in [-0.39, 0.29) is 65.7 Å². The van der Waals surface area contributed by atoms with Gasteiger partial charge in [0, 0.05) is 56.6 Å². The molecular formula is C101H104O19S5Si. The van der Waals surface area contributed by atoms with Gasteiger partial charge in [0.05, 0.1) is 74.9 Å². The van der Waals surface area contributed by atoms with Gasteiger partial charge in [0.25, 0.3) is 0 Å². The van der Waals surface area contributed by atoms with E-state index in [1.165, 1.54) is 75.5 Å². The molecule has 5 saturated heterocycles. The molecule has 0 spiro atoms. The van der Waals surface area contributed by atoms with Crippen LogP contribution < -0.4 is 0 Å². The highest BCUT2D eigenvalue weighted by Crippen LogP contribution is 2.45. The molecule has 15 atom stereocenters. The zero-order valence-electron chi connectivity index (χ0n) is 71.3. The Labute approximate surface area is 760 Å². The lowest BCUT2D eigenvalue weighted by Crippen LogP contribution is -2.49. The monoisotopic (exact) mass is 1810 g/mol. The summed E-state index contributed by atoms with van der Waals surface area (Å²) in [4.78, 5) is 55.3. The molecular weight excluding hydrogens is 1710 g/mol. The maximum atomic E-state index is 12.7. The van der Waals surface area contributed by atoms with E-state index in [2.05, 4.69) is 54.8 Å². The molecule has 126 heavy (non-hydrogen) atoms. The number of carbonyl (C=O) groups is 4. The van der Waals surface area contributed by atoms with Crippen molar-refractivity contribution < 1.29 is 92.4 Å². The van der Waals surface area contributed by atoms with Crippen LogP contribution in [0.2, 0.25) is 19.6 Å². The molecule has 25 heteroatoms. The Balaban J connectivity index is 0.000000168. The van der Waals surface area contributed by atoms with Crippen molar-refractivity contribution >= 4 is 90.8 Å². The van der Waals surface area contributed by atoms with Crippen LogP contribution in [0.25, 0.3) is 0 Å². The fraction of sp³-hybridized carbons (Fsp3) is 0.327. The summed E-state index contributed by atoms with van der Waals surface area (Å²) in [6.07, 6.45) is 19.5. The largest absolute Gasteiger partial charge is 0.458 e. The van der Waals surface area contributed by atoms with Gasteiger partial charge < -0.3 is 73.3 Å². The van der Waals surface area contributed by atoms with Gasteiger partial charge in [-0.25, -0.2) is 19.2 Å². The molecule has 9 aromatic rings. The Morgan fingerprint density at radius 2 is 0.651 bits per heavy atom. The van der Waals surface area contributed by atoms with Crippen LogP contribution >= 0.6 is 58.8 Å². The Morgan fingerprint density at radius 1 is 0.373 bits per heavy atom. The molecule has 14 rings (SSSR count). The van der Waals surface area contributed by atoms with Crippen molar-refractivity contribution in [1.82, 2.24) is 0 Å². The number of aliphatic hydroxyl groups excluding tert-OH is 4. The molecule has 2 unspecified atom stereocenters. The van der Waals surface area contributed by atoms with Gasteiger partial charge in [0.1, 0.15) is 25.9 Å². The highest BCUT2D eigenvalue weighted by molar-refractivity contribution is 8.01. The summed E-state index contributed by atoms with van der Waals surface area (Å²) >= 11 is 7.57. The Bertz CT molecular complexity index is 5200. The highest BCUT2D eigenvalue weighted by atomic mass is 32.2. The normalized spacial score (nSPS) is 25.6. The van der Waals surface area contributed by atoms with Gasteiger partial charge in [0.2, 0.25) is 18.9 Å². The van der Waals surface area contributed by atoms with Crippen LogP contribution in [-0.2, 0) is 42.6 Å². The Hall–Kier alpha value is -9.81. The van der Waals surface area contributed by atoms with E-state index in [9.17, 15) is 49.8 Å². The third-order valence-electron chi connectivity index (χ3n) is 20.1. The topological polar surface area (TPSA) is 273 Å². The molecule has 9 aromatic carbocycles. The number of thioether (sulfide) groups is 5. The molecule has 5 heterocycles. The maximum absolute atomic E-state index is 12.7. The van der Waals surface area contributed by atoms with Crippen LogP contribution in [-0.4, -0.2) is 181 Å². The second-order valence-corrected chi connectivity index (χ2v) is 43.2. The lowest BCUT2D eigenvalue weighted by Gasteiger charge is -2.38. The van der Waals surface area contributed by atoms with Crippen LogP contribution in [0, 0.1) is 95.5 Å². The zero-order valence-corrected chi connectivity index (χ0v) is 76.4. The summed E-state index contributed by atoms with van der Waals surface area (Å²) in [5.74, 6) is 11.1. The van der Waals surface area contributed by atoms with Crippen LogP contribution in [0.5, 0.6) is 0 Å². The van der Waals surface area contributed by atoms with E-state index in [0.29, 0.717) is 47.9 Å². The van der Waals surface area contributed by atoms with E-state index >= 15 is 0 Å². The summed E-state index contributed by atoms with van der Waals surface area (Å²) in [5.41, 5.74) is 4.95. The van der Waals surface area contributed by atoms with E-state index in [0.717, 1.165) is 35.6 Å². The SMILES string of the molecule is C#C[C@@]1(CO)C[C@@H](Sc2ccc(C)cc2)C(O)O1.C#C[C@@]1(CO)C[C@@H](Sc2ccc(C)cc2)C(O)O1.C#C[C@@]1(COC(=O)c2ccccc2)C[C@@H](Sc2ccc(C)cc2)[C@@H](OC(=O)c2ccccc2)O1.C#C[C@@]1(O)CO[C@@H](OC(=O)c2ccccc2)[C@H](Sc2ccc(C)cc2)C1.Cc1ccc(S[C@@H]2C[C@@](O)(C#C[Si](C)(C)C)CO[C@H]2OC(=O)c2ccccc2)cc1. The van der Waals surface area contributed by atoms with Gasteiger partial charge >= 0.3 is 23.9 Å². The second-order valence-electron chi connectivity index (χ2n) is 31.9. The van der Waals surface area contributed by atoms with Crippen LogP contribution in [0.15, 0.2) is 267 Å². The number of rotatable bonds is 21. The molecule has 5 aliphatic heterocycles. The van der Waals surface area contributed by atoms with E-state index in [4.69, 9.17) is 68.3 Å². The minimum absolute atomic E-state index is 0.0160. The first-order valence-electron chi connectivity index (χ1n) is 40.7. The van der Waals surface area contributed by atoms with Crippen molar-refractivity contribution in [2.24, 2.45) is 0 Å². The van der Waals surface area contributed by atoms with Crippen molar-refractivity contribution in [2.75, 3.05) is 33.0 Å². The summed E-state index contributed by atoms with van der Waals surface area (Å²) in [5, 5.41) is 58.5. The number of terminal acetylenes is 4. The van der Waals surface area contributed by atoms with Crippen molar-refractivity contribution in [1.29, 1.82) is 0 Å². The first-order valence-corrected chi connectivity index (χ1v) is 48.6. The van der Waals surface area contributed by atoms with E-state index in [1.54, 1.807) is 97.1 Å². The molecule has 5 fully saturated rings. The molecule has 0 bridgehead atoms. The summed E-state index contributed by atoms with van der Waals surface area (Å²) in [6.45, 7) is 15.8. The van der Waals surface area contributed by atoms with Gasteiger partial charge in [-0.1, -0.05) is 211 Å². The molecule has 0 saturated carbocycles. The van der Waals surface area contributed by atoms with Gasteiger partial charge in [-0.3, -0.25) is 0 Å². The summed E-state index contributed by atoms with van der Waals surface area (Å²) in [7, 11) is -1.65. The third-order valence-corrected chi connectivity index (χ3v) is 27.2. The van der Waals surface area contributed by atoms with Crippen LogP contribution in [0.1, 0.15) is 101 Å². The smallest absolute Gasteiger partial charge is 0.340 e. The quantitative estimate of drug-likeness (QED) is 0.0169. The number of esters is 4. The molecule has 656 valence electrons. The van der Waals surface area contributed by atoms with Crippen molar-refractivity contribution in [3.05, 3.63) is 293 Å². The maximum Gasteiger partial charge on any atom is 0.340 e. The number of hydrogen-bond donors (Lipinski definition) is 6. The average molecular weight is 1810 g/mol. The predicted molar refractivity (Wildman–Crippen MR) is 497 cm³/mol. The van der Waals surface area contributed by atoms with Gasteiger partial charge in [-0.2, -0.15) is 0 Å². The molecule has 0 aromatic heterocycles. The van der Waals surface area contributed by atoms with E-state index in [1.807, 2.05) is 180 Å². The molecule has 19 nitrogen and oxygen atoms in total. The average Bonchev–Trinajstić information content (AvgIpc) is 1.59. The highest BCUT2D eigenvalue weighted by Gasteiger charge is 2.51. The fourth-order valence-electron chi connectivity index (χ4n) is 13.0. The number of carbonyl (C=O) groups excluding carboxylic acids is 4. The second kappa shape index (κ2) is 46.3. The fourth-order valence-corrected chi connectivity index (χ4v) is 19.7. The molecule has 0 radical (unpaired) electrons. The van der Waals surface area contributed by atoms with Crippen molar-refractivity contribution in [2.45, 2.75) is 197 Å². The van der Waals surface area contributed by atoms with Crippen molar-refractivity contribution in [3.63, 3.8) is 0 Å². The number of benzene rings is 9. The molecule has 6 N–H and O–H groups in total. The van der Waals surface area contributed by atoms with Gasteiger partial charge in [0.15, 0.2) is 29.4 Å². The lowest BCUT2D eigenvalue weighted by molar-refractivity contribution is -0.172. The van der Waals surface area contributed by atoms with Gasteiger partial charge in [-0.15, -0.1) is 90.0 Å². The minimum atomic E-state index is -1.65. The summed E-state index contributed by atoms with van der Waals surface area (Å²) in [6, 6.07) is 75.2. The molecule has 0 amide bonds. The lowest BCUT2D eigenvalue weighted by atomic mass is 9.97. The first-order chi connectivity index (χ1) is 60.3. The van der Waals surface area contributed by atoms with Crippen molar-refractivity contribution in [3.8, 4) is 60.8 Å². The van der Waals surface area contributed by atoms with Crippen LogP contribution in [0.4, 0.5) is 0 Å². The number of hydrogen-bond acceptors (Lipinski definition) is 24. The predicted octanol–water partition coefficient (Wildman–Crippen LogP) is 16.5. The molecule has 0 aliphatic carbocycles. The van der Waals surface area contributed by atoms with Crippen LogP contribution in [0.3, 0.4) is 0 Å². The minimum Gasteiger partial charge on any atom is -0.458 e. The van der Waals surface area contributed by atoms with Gasteiger partial charge in [-0.05, 0) is 144 Å². The third kappa shape index (κ3) is 29.4. The van der Waals surface area contributed by atoms with E-state index < -0.39 is 91.4 Å².